The molecule has 0 spiro atoms. The lowest BCUT2D eigenvalue weighted by atomic mass is 10.0. The number of nitrogens with one attached hydrogen (secondary N) is 2. The zero-order valence-electron chi connectivity index (χ0n) is 24.8. The average molecular weight is 636 g/mol. The van der Waals surface area contributed by atoms with Gasteiger partial charge in [-0.15, -0.1) is 0 Å². The first-order chi connectivity index (χ1) is 22.5. The Balaban J connectivity index is 1.12. The van der Waals surface area contributed by atoms with Crippen LogP contribution in [0.3, 0.4) is 0 Å². The van der Waals surface area contributed by atoms with Crippen molar-refractivity contribution >= 4 is 29.2 Å². The summed E-state index contributed by atoms with van der Waals surface area (Å²) < 4.78 is 19.5. The van der Waals surface area contributed by atoms with Crippen LogP contribution in [0.4, 0.5) is 16.2 Å². The summed E-state index contributed by atoms with van der Waals surface area (Å²) in [5, 5.41) is 28.0. The van der Waals surface area contributed by atoms with Crippen molar-refractivity contribution in [3.63, 3.8) is 0 Å². The van der Waals surface area contributed by atoms with Gasteiger partial charge in [-0.1, -0.05) is 66.4 Å². The van der Waals surface area contributed by atoms with Gasteiger partial charge >= 0.3 is 6.03 Å². The van der Waals surface area contributed by atoms with Crippen LogP contribution in [0.5, 0.6) is 11.5 Å². The van der Waals surface area contributed by atoms with E-state index in [0.717, 1.165) is 27.2 Å². The van der Waals surface area contributed by atoms with Crippen LogP contribution in [0.25, 0.3) is 0 Å². The number of nitrogens with zero attached hydrogens (tertiary/aromatic N) is 1. The number of aromatic nitrogens is 1. The van der Waals surface area contributed by atoms with E-state index in [4.69, 9.17) is 14.2 Å². The molecule has 0 saturated carbocycles. The summed E-state index contributed by atoms with van der Waals surface area (Å²) in [6.07, 6.45) is 0.856. The van der Waals surface area contributed by atoms with Crippen molar-refractivity contribution in [2.45, 2.75) is 36.6 Å². The second-order valence-corrected chi connectivity index (χ2v) is 11.7. The van der Waals surface area contributed by atoms with Gasteiger partial charge < -0.3 is 35.2 Å². The Morgan fingerprint density at radius 3 is 2.33 bits per heavy atom. The first-order valence-electron chi connectivity index (χ1n) is 14.8. The number of hydrogen-bond acceptors (Lipinski definition) is 7. The molecule has 1 fully saturated rings. The maximum atomic E-state index is 12.9. The molecule has 0 aliphatic carbocycles. The quantitative estimate of drug-likeness (QED) is 0.0823. The summed E-state index contributed by atoms with van der Waals surface area (Å²) in [5.41, 5.74) is 3.71. The van der Waals surface area contributed by atoms with Crippen LogP contribution in [0.2, 0.25) is 0 Å². The maximum absolute atomic E-state index is 12.9. The van der Waals surface area contributed by atoms with Crippen molar-refractivity contribution in [1.82, 2.24) is 0 Å². The summed E-state index contributed by atoms with van der Waals surface area (Å²) in [7, 11) is 0. The number of benzene rings is 4. The summed E-state index contributed by atoms with van der Waals surface area (Å²) in [6, 6.07) is 36.5. The van der Waals surface area contributed by atoms with Gasteiger partial charge in [0.2, 0.25) is 0 Å². The number of anilines is 2. The van der Waals surface area contributed by atoms with Gasteiger partial charge in [-0.05, 0) is 65.7 Å². The standard InChI is InChI=1S/C36H33N3O6S/c40-23-25-12-14-26(15-13-25)33-22-32(24-46-34-11-4-5-20-39(34)42)44-35(45-33)27-7-6-8-29(21-27)38-36(41)37-28-16-18-31(19-17-28)43-30-9-2-1-3-10-30/h1-21,32-33,35,40H,22-24H2,(H2,37,38,41)/t32-,33+,35+/m1/s1. The molecule has 10 heteroatoms. The summed E-state index contributed by atoms with van der Waals surface area (Å²) in [4.78, 5) is 12.9. The number of amides is 2. The average Bonchev–Trinajstić information content (AvgIpc) is 3.09. The van der Waals surface area contributed by atoms with Crippen LogP contribution in [0.1, 0.15) is 35.5 Å². The number of rotatable bonds is 10. The van der Waals surface area contributed by atoms with Gasteiger partial charge in [0.25, 0.3) is 5.03 Å². The first kappa shape index (κ1) is 31.1. The highest BCUT2D eigenvalue weighted by Crippen LogP contribution is 2.39. The minimum atomic E-state index is -0.709. The number of hydrogen-bond donors (Lipinski definition) is 3. The Labute approximate surface area is 271 Å². The smallest absolute Gasteiger partial charge is 0.323 e. The van der Waals surface area contributed by atoms with E-state index in [1.54, 1.807) is 42.5 Å². The zero-order chi connectivity index (χ0) is 31.7. The van der Waals surface area contributed by atoms with E-state index in [1.165, 1.54) is 18.0 Å². The number of para-hydroxylation sites is 1. The number of carbonyl (C=O) groups excluding carboxylic acids is 1. The first-order valence-corrected chi connectivity index (χ1v) is 15.8. The molecule has 1 aliphatic rings. The predicted octanol–water partition coefficient (Wildman–Crippen LogP) is 7.59. The summed E-state index contributed by atoms with van der Waals surface area (Å²) in [5.74, 6) is 1.94. The van der Waals surface area contributed by atoms with Gasteiger partial charge in [-0.25, -0.2) is 4.79 Å². The maximum Gasteiger partial charge on any atom is 0.323 e. The predicted molar refractivity (Wildman–Crippen MR) is 177 cm³/mol. The number of pyridine rings is 1. The highest BCUT2D eigenvalue weighted by atomic mass is 32.2. The Hall–Kier alpha value is -4.87. The Kier molecular flexibility index (Phi) is 10.1. The lowest BCUT2D eigenvalue weighted by Crippen LogP contribution is -2.32. The number of ether oxygens (including phenoxy) is 3. The molecular weight excluding hydrogens is 602 g/mol. The van der Waals surface area contributed by atoms with Gasteiger partial charge in [-0.2, -0.15) is 4.73 Å². The van der Waals surface area contributed by atoms with E-state index in [9.17, 15) is 15.1 Å². The van der Waals surface area contributed by atoms with Crippen LogP contribution >= 0.6 is 11.8 Å². The molecule has 2 amide bonds. The molecule has 9 nitrogen and oxygen atoms in total. The van der Waals surface area contributed by atoms with Gasteiger partial charge in [0.05, 0.1) is 18.8 Å². The number of carbonyl (C=O) groups is 1. The number of aliphatic hydroxyl groups excluding tert-OH is 1. The molecule has 2 heterocycles. The molecule has 0 radical (unpaired) electrons. The second kappa shape index (κ2) is 14.9. The fourth-order valence-corrected chi connectivity index (χ4v) is 5.95. The number of urea groups is 1. The van der Waals surface area contributed by atoms with E-state index in [1.807, 2.05) is 78.9 Å². The third-order valence-corrected chi connectivity index (χ3v) is 8.48. The molecule has 3 atom stereocenters. The Morgan fingerprint density at radius 1 is 0.826 bits per heavy atom. The summed E-state index contributed by atoms with van der Waals surface area (Å²) in [6.45, 7) is -0.0373. The van der Waals surface area contributed by atoms with Crippen molar-refractivity contribution in [1.29, 1.82) is 0 Å². The molecule has 3 N–H and O–H groups in total. The van der Waals surface area contributed by atoms with Gasteiger partial charge in [0.15, 0.2) is 12.5 Å². The lowest BCUT2D eigenvalue weighted by Gasteiger charge is -2.36. The number of aliphatic hydroxyl groups is 1. The lowest BCUT2D eigenvalue weighted by molar-refractivity contribution is -0.645. The van der Waals surface area contributed by atoms with Crippen LogP contribution < -0.4 is 20.1 Å². The zero-order valence-corrected chi connectivity index (χ0v) is 25.6. The van der Waals surface area contributed by atoms with Crippen molar-refractivity contribution in [3.8, 4) is 11.5 Å². The molecule has 1 aliphatic heterocycles. The molecular formula is C36H33N3O6S. The molecule has 1 saturated heterocycles. The molecule has 0 bridgehead atoms. The van der Waals surface area contributed by atoms with E-state index in [0.29, 0.717) is 34.3 Å². The van der Waals surface area contributed by atoms with Crippen molar-refractivity contribution < 1.29 is 28.8 Å². The van der Waals surface area contributed by atoms with E-state index < -0.39 is 12.3 Å². The van der Waals surface area contributed by atoms with Crippen LogP contribution in [0, 0.1) is 5.21 Å². The van der Waals surface area contributed by atoms with Crippen molar-refractivity contribution in [2.24, 2.45) is 0 Å². The van der Waals surface area contributed by atoms with Crippen LogP contribution in [0.15, 0.2) is 133 Å². The highest BCUT2D eigenvalue weighted by molar-refractivity contribution is 7.99. The molecule has 6 rings (SSSR count). The Bertz CT molecular complexity index is 1740. The third kappa shape index (κ3) is 8.23. The fourth-order valence-electron chi connectivity index (χ4n) is 5.01. The van der Waals surface area contributed by atoms with E-state index >= 15 is 0 Å². The van der Waals surface area contributed by atoms with Gasteiger partial charge in [0.1, 0.15) is 11.5 Å². The van der Waals surface area contributed by atoms with E-state index in [2.05, 4.69) is 10.6 Å². The highest BCUT2D eigenvalue weighted by Gasteiger charge is 2.33. The normalized spacial score (nSPS) is 17.6. The SMILES string of the molecule is O=C(Nc1ccc(Oc2ccccc2)cc1)Nc1cccc([C@H]2O[C@@H](CSc3cccc[n+]3[O-])C[C@@H](c3ccc(CO)cc3)O2)c1. The molecule has 0 unspecified atom stereocenters. The minimum absolute atomic E-state index is 0.0373. The molecule has 234 valence electrons. The third-order valence-electron chi connectivity index (χ3n) is 7.33. The monoisotopic (exact) mass is 635 g/mol. The van der Waals surface area contributed by atoms with E-state index in [-0.39, 0.29) is 18.8 Å². The molecule has 1 aromatic heterocycles. The van der Waals surface area contributed by atoms with Gasteiger partial charge in [0, 0.05) is 41.2 Å². The topological polar surface area (TPSA) is 116 Å². The second-order valence-electron chi connectivity index (χ2n) is 10.7. The number of thioether (sulfide) groups is 1. The van der Waals surface area contributed by atoms with Crippen LogP contribution in [-0.4, -0.2) is 23.0 Å². The van der Waals surface area contributed by atoms with Crippen molar-refractivity contribution in [3.05, 3.63) is 149 Å². The largest absolute Gasteiger partial charge is 0.618 e. The minimum Gasteiger partial charge on any atom is -0.618 e. The fraction of sp³-hybridized carbons (Fsp3) is 0.167. The molecule has 4 aromatic carbocycles. The van der Waals surface area contributed by atoms with Crippen molar-refractivity contribution in [2.75, 3.05) is 16.4 Å². The summed E-state index contributed by atoms with van der Waals surface area (Å²) >= 11 is 1.43. The molecule has 46 heavy (non-hydrogen) atoms. The molecule has 5 aromatic rings. The Morgan fingerprint density at radius 2 is 1.57 bits per heavy atom. The van der Waals surface area contributed by atoms with Gasteiger partial charge in [-0.3, -0.25) is 0 Å². The van der Waals surface area contributed by atoms with Crippen LogP contribution in [-0.2, 0) is 16.1 Å².